The maximum atomic E-state index is 12.0. The first-order chi connectivity index (χ1) is 16.9. The molecule has 0 aliphatic carbocycles. The highest BCUT2D eigenvalue weighted by atomic mass is 32.1. The number of methoxy groups -OCH3 is 1. The highest BCUT2D eigenvalue weighted by molar-refractivity contribution is 7.13. The Balaban J connectivity index is 1.34. The summed E-state index contributed by atoms with van der Waals surface area (Å²) in [6, 6.07) is 18.2. The average molecular weight is 494 g/mol. The van der Waals surface area contributed by atoms with Gasteiger partial charge in [0.2, 0.25) is 11.5 Å². The molecule has 0 fully saturated rings. The van der Waals surface area contributed by atoms with E-state index in [1.165, 1.54) is 0 Å². The van der Waals surface area contributed by atoms with Crippen LogP contribution in [0.1, 0.15) is 23.9 Å². The minimum atomic E-state index is -1.43. The maximum absolute atomic E-state index is 12.0. The number of aromatic nitrogens is 1. The Morgan fingerprint density at radius 2 is 1.74 bits per heavy atom. The summed E-state index contributed by atoms with van der Waals surface area (Å²) in [6.45, 7) is 3.92. The molecule has 0 aliphatic rings. The largest absolute Gasteiger partial charge is 0.497 e. The highest BCUT2D eigenvalue weighted by Crippen LogP contribution is 2.27. The second-order valence-corrected chi connectivity index (χ2v) is 9.18. The number of aliphatic carboxylic acids is 1. The minimum Gasteiger partial charge on any atom is -0.497 e. The smallest absolute Gasteiger partial charge is 0.348 e. The third-order valence-electron chi connectivity index (χ3n) is 5.55. The maximum Gasteiger partial charge on any atom is 0.348 e. The topological polar surface area (TPSA) is 91.0 Å². The normalized spacial score (nSPS) is 12.7. The van der Waals surface area contributed by atoms with Crippen molar-refractivity contribution >= 4 is 17.3 Å². The molecule has 35 heavy (non-hydrogen) atoms. The first-order valence-corrected chi connectivity index (χ1v) is 12.0. The second kappa shape index (κ2) is 10.7. The predicted octanol–water partition coefficient (Wildman–Crippen LogP) is 5.81. The van der Waals surface area contributed by atoms with Crippen LogP contribution in [0.5, 0.6) is 17.2 Å². The Morgan fingerprint density at radius 1 is 1.06 bits per heavy atom. The van der Waals surface area contributed by atoms with Crippen molar-refractivity contribution in [3.63, 3.8) is 0 Å². The van der Waals surface area contributed by atoms with Gasteiger partial charge in [-0.3, -0.25) is 0 Å². The Labute approximate surface area is 207 Å². The van der Waals surface area contributed by atoms with E-state index in [2.05, 4.69) is 4.98 Å². The highest BCUT2D eigenvalue weighted by Gasteiger charge is 2.36. The van der Waals surface area contributed by atoms with E-state index in [9.17, 15) is 9.90 Å². The zero-order valence-corrected chi connectivity index (χ0v) is 20.6. The summed E-state index contributed by atoms with van der Waals surface area (Å²) in [4.78, 5) is 17.6. The van der Waals surface area contributed by atoms with Crippen LogP contribution in [0.3, 0.4) is 0 Å². The van der Waals surface area contributed by atoms with Crippen molar-refractivity contribution in [3.8, 4) is 28.0 Å². The molecule has 2 heterocycles. The number of carbonyl (C=O) groups is 1. The van der Waals surface area contributed by atoms with Crippen LogP contribution >= 0.6 is 11.3 Å². The van der Waals surface area contributed by atoms with Crippen LogP contribution < -0.4 is 14.2 Å². The molecule has 0 aliphatic heterocycles. The van der Waals surface area contributed by atoms with Gasteiger partial charge < -0.3 is 23.7 Å². The molecule has 0 saturated carbocycles. The van der Waals surface area contributed by atoms with Crippen molar-refractivity contribution in [3.05, 3.63) is 83.1 Å². The Hall–Kier alpha value is -3.78. The van der Waals surface area contributed by atoms with Crippen LogP contribution in [-0.4, -0.2) is 35.4 Å². The lowest BCUT2D eigenvalue weighted by Gasteiger charge is -2.26. The van der Waals surface area contributed by atoms with Gasteiger partial charge in [-0.1, -0.05) is 18.2 Å². The lowest BCUT2D eigenvalue weighted by Crippen LogP contribution is -2.43. The standard InChI is InChI=1S/C27H27NO6S/c1-18-23(28-25(33-18)24-5-4-16-35-24)14-15-32-21-8-6-19(7-9-21)17-27(2,26(29)30)34-22-12-10-20(31-3)11-13-22/h4-13,16H,14-15,17H2,1-3H3,(H,29,30). The van der Waals surface area contributed by atoms with Gasteiger partial charge in [0, 0.05) is 12.8 Å². The number of carboxylic acid groups (broad SMARTS) is 1. The van der Waals surface area contributed by atoms with E-state index < -0.39 is 11.6 Å². The van der Waals surface area contributed by atoms with Crippen molar-refractivity contribution < 1.29 is 28.5 Å². The SMILES string of the molecule is COc1ccc(OC(C)(Cc2ccc(OCCc3nc(-c4cccs4)oc3C)cc2)C(=O)O)cc1. The fraction of sp³-hybridized carbons (Fsp3) is 0.259. The fourth-order valence-electron chi connectivity index (χ4n) is 3.58. The Bertz CT molecular complexity index is 1250. The number of aryl methyl sites for hydroxylation is 1. The van der Waals surface area contributed by atoms with Crippen LogP contribution in [-0.2, 0) is 17.6 Å². The molecule has 0 spiro atoms. The third-order valence-corrected chi connectivity index (χ3v) is 6.41. The molecule has 4 rings (SSSR count). The number of rotatable bonds is 11. The summed E-state index contributed by atoms with van der Waals surface area (Å²) in [5.74, 6) is 2.21. The number of nitrogens with zero attached hydrogens (tertiary/aromatic N) is 1. The molecular weight excluding hydrogens is 466 g/mol. The van der Waals surface area contributed by atoms with Crippen LogP contribution in [0.4, 0.5) is 0 Å². The van der Waals surface area contributed by atoms with Crippen LogP contribution in [0.2, 0.25) is 0 Å². The molecule has 1 unspecified atom stereocenters. The second-order valence-electron chi connectivity index (χ2n) is 8.23. The quantitative estimate of drug-likeness (QED) is 0.282. The average Bonchev–Trinajstić information content (AvgIpc) is 3.51. The van der Waals surface area contributed by atoms with Gasteiger partial charge in [0.15, 0.2) is 0 Å². The molecule has 2 aromatic carbocycles. The molecule has 2 aromatic heterocycles. The molecule has 0 saturated heterocycles. The van der Waals surface area contributed by atoms with Crippen LogP contribution in [0.15, 0.2) is 70.5 Å². The predicted molar refractivity (Wildman–Crippen MR) is 134 cm³/mol. The van der Waals surface area contributed by atoms with E-state index in [0.29, 0.717) is 36.2 Å². The van der Waals surface area contributed by atoms with E-state index in [-0.39, 0.29) is 6.42 Å². The summed E-state index contributed by atoms with van der Waals surface area (Å²) < 4.78 is 22.6. The lowest BCUT2D eigenvalue weighted by atomic mass is 9.96. The minimum absolute atomic E-state index is 0.193. The van der Waals surface area contributed by atoms with E-state index in [1.54, 1.807) is 49.6 Å². The number of benzene rings is 2. The summed E-state index contributed by atoms with van der Waals surface area (Å²) in [5, 5.41) is 11.8. The van der Waals surface area contributed by atoms with Crippen LogP contribution in [0.25, 0.3) is 10.8 Å². The molecule has 8 heteroatoms. The molecule has 182 valence electrons. The van der Waals surface area contributed by atoms with Crippen molar-refractivity contribution in [1.29, 1.82) is 0 Å². The lowest BCUT2D eigenvalue weighted by molar-refractivity contribution is -0.153. The first kappa shape index (κ1) is 24.3. The van der Waals surface area contributed by atoms with Gasteiger partial charge in [-0.2, -0.15) is 0 Å². The van der Waals surface area contributed by atoms with Gasteiger partial charge in [-0.15, -0.1) is 11.3 Å². The monoisotopic (exact) mass is 493 g/mol. The van der Waals surface area contributed by atoms with Crippen molar-refractivity contribution in [2.24, 2.45) is 0 Å². The molecule has 0 bridgehead atoms. The van der Waals surface area contributed by atoms with E-state index in [4.69, 9.17) is 18.6 Å². The molecule has 0 radical (unpaired) electrons. The van der Waals surface area contributed by atoms with Gasteiger partial charge in [0.1, 0.15) is 23.0 Å². The molecule has 0 amide bonds. The molecule has 1 atom stereocenters. The van der Waals surface area contributed by atoms with Crippen molar-refractivity contribution in [2.75, 3.05) is 13.7 Å². The van der Waals surface area contributed by atoms with Gasteiger partial charge >= 0.3 is 5.97 Å². The fourth-order valence-corrected chi connectivity index (χ4v) is 4.23. The molecule has 1 N–H and O–H groups in total. The first-order valence-electron chi connectivity index (χ1n) is 11.1. The summed E-state index contributed by atoms with van der Waals surface area (Å²) in [5.41, 5.74) is 0.267. The number of carboxylic acids is 1. The molecule has 4 aromatic rings. The van der Waals surface area contributed by atoms with Crippen molar-refractivity contribution in [2.45, 2.75) is 32.3 Å². The van der Waals surface area contributed by atoms with Gasteiger partial charge in [0.25, 0.3) is 0 Å². The van der Waals surface area contributed by atoms with Crippen LogP contribution in [0, 0.1) is 6.92 Å². The molecule has 7 nitrogen and oxygen atoms in total. The van der Waals surface area contributed by atoms with Gasteiger partial charge in [-0.25, -0.2) is 9.78 Å². The summed E-state index contributed by atoms with van der Waals surface area (Å²) in [6.07, 6.45) is 0.813. The van der Waals surface area contributed by atoms with Crippen molar-refractivity contribution in [1.82, 2.24) is 4.98 Å². The number of thiophene rings is 1. The number of hydrogen-bond acceptors (Lipinski definition) is 7. The zero-order valence-electron chi connectivity index (χ0n) is 19.8. The number of oxazole rings is 1. The van der Waals surface area contributed by atoms with E-state index in [1.807, 2.05) is 48.7 Å². The summed E-state index contributed by atoms with van der Waals surface area (Å²) >= 11 is 1.59. The summed E-state index contributed by atoms with van der Waals surface area (Å²) in [7, 11) is 1.57. The van der Waals surface area contributed by atoms with E-state index >= 15 is 0 Å². The zero-order chi connectivity index (χ0) is 24.8. The Kier molecular flexibility index (Phi) is 7.41. The Morgan fingerprint density at radius 3 is 2.37 bits per heavy atom. The molecular formula is C27H27NO6S. The van der Waals surface area contributed by atoms with Gasteiger partial charge in [0.05, 0.1) is 24.3 Å². The van der Waals surface area contributed by atoms with Gasteiger partial charge in [-0.05, 0) is 67.3 Å². The number of hydrogen-bond donors (Lipinski definition) is 1. The number of ether oxygens (including phenoxy) is 3. The third kappa shape index (κ3) is 6.02. The van der Waals surface area contributed by atoms with E-state index in [0.717, 1.165) is 21.9 Å².